The van der Waals surface area contributed by atoms with Gasteiger partial charge in [-0.15, -0.1) is 10.2 Å². The molecule has 4 rings (SSSR count). The molecule has 180 valence electrons. The Morgan fingerprint density at radius 1 is 1.03 bits per heavy atom. The van der Waals surface area contributed by atoms with E-state index in [1.807, 2.05) is 47.9 Å². The number of pyridine rings is 1. The third-order valence-electron chi connectivity index (χ3n) is 5.18. The topological polar surface area (TPSA) is 73.1 Å². The fourth-order valence-electron chi connectivity index (χ4n) is 3.35. The lowest BCUT2D eigenvalue weighted by Gasteiger charge is -2.17. The predicted molar refractivity (Wildman–Crippen MR) is 130 cm³/mol. The molecule has 0 fully saturated rings. The summed E-state index contributed by atoms with van der Waals surface area (Å²) in [5.41, 5.74) is 3.69. The highest BCUT2D eigenvalue weighted by atomic mass is 32.2. The summed E-state index contributed by atoms with van der Waals surface area (Å²) in [5, 5.41) is 9.32. The second kappa shape index (κ2) is 11.1. The van der Waals surface area contributed by atoms with Crippen molar-refractivity contribution in [1.82, 2.24) is 24.6 Å². The normalized spacial score (nSPS) is 11.0. The SMILES string of the molecule is Cc1ccc(-n2c(SCC(=O)N(C)Cc3ccc(OC(F)F)cc3)nnc2-c2ccncc2)cc1. The van der Waals surface area contributed by atoms with Crippen LogP contribution in [0.1, 0.15) is 11.1 Å². The van der Waals surface area contributed by atoms with E-state index in [4.69, 9.17) is 0 Å². The van der Waals surface area contributed by atoms with E-state index < -0.39 is 6.61 Å². The van der Waals surface area contributed by atoms with Crippen LogP contribution >= 0.6 is 11.8 Å². The molecule has 0 saturated heterocycles. The van der Waals surface area contributed by atoms with Crippen LogP contribution in [0.4, 0.5) is 8.78 Å². The monoisotopic (exact) mass is 495 g/mol. The number of aromatic nitrogens is 4. The van der Waals surface area contributed by atoms with Crippen molar-refractivity contribution >= 4 is 17.7 Å². The zero-order chi connectivity index (χ0) is 24.8. The van der Waals surface area contributed by atoms with Gasteiger partial charge in [0, 0.05) is 37.2 Å². The lowest BCUT2D eigenvalue weighted by atomic mass is 10.2. The van der Waals surface area contributed by atoms with Crippen molar-refractivity contribution in [1.29, 1.82) is 0 Å². The third-order valence-corrected chi connectivity index (χ3v) is 6.10. The molecule has 0 aliphatic rings. The van der Waals surface area contributed by atoms with Crippen molar-refractivity contribution in [3.63, 3.8) is 0 Å². The maximum absolute atomic E-state index is 12.8. The number of rotatable bonds is 9. The maximum atomic E-state index is 12.8. The van der Waals surface area contributed by atoms with Crippen LogP contribution in [0.2, 0.25) is 0 Å². The molecule has 0 spiro atoms. The minimum Gasteiger partial charge on any atom is -0.435 e. The minimum absolute atomic E-state index is 0.0775. The fourth-order valence-corrected chi connectivity index (χ4v) is 4.25. The molecule has 0 aliphatic carbocycles. The summed E-state index contributed by atoms with van der Waals surface area (Å²) in [7, 11) is 1.69. The van der Waals surface area contributed by atoms with Gasteiger partial charge in [-0.25, -0.2) is 0 Å². The number of carbonyl (C=O) groups is 1. The lowest BCUT2D eigenvalue weighted by Crippen LogP contribution is -2.27. The largest absolute Gasteiger partial charge is 0.435 e. The van der Waals surface area contributed by atoms with Gasteiger partial charge in [-0.3, -0.25) is 14.3 Å². The van der Waals surface area contributed by atoms with Crippen molar-refractivity contribution in [3.8, 4) is 22.8 Å². The van der Waals surface area contributed by atoms with E-state index in [9.17, 15) is 13.6 Å². The van der Waals surface area contributed by atoms with Crippen LogP contribution in [0.3, 0.4) is 0 Å². The molecule has 0 saturated carbocycles. The van der Waals surface area contributed by atoms with Gasteiger partial charge in [0.25, 0.3) is 0 Å². The Bertz CT molecular complexity index is 1270. The molecule has 2 heterocycles. The number of benzene rings is 2. The van der Waals surface area contributed by atoms with Gasteiger partial charge < -0.3 is 9.64 Å². The molecule has 0 N–H and O–H groups in total. The van der Waals surface area contributed by atoms with Crippen LogP contribution < -0.4 is 4.74 Å². The van der Waals surface area contributed by atoms with E-state index >= 15 is 0 Å². The first-order chi connectivity index (χ1) is 16.9. The molecule has 0 aliphatic heterocycles. The summed E-state index contributed by atoms with van der Waals surface area (Å²) in [6, 6.07) is 17.9. The molecule has 2 aromatic heterocycles. The van der Waals surface area contributed by atoms with Crippen LogP contribution in [0.25, 0.3) is 17.1 Å². The standard InChI is InChI=1S/C25H23F2N5O2S/c1-17-3-7-20(8-4-17)32-23(19-11-13-28-14-12-19)29-30-25(32)35-16-22(33)31(2)15-18-5-9-21(10-6-18)34-24(26)27/h3-14,24H,15-16H2,1-2H3. The first-order valence-electron chi connectivity index (χ1n) is 10.7. The highest BCUT2D eigenvalue weighted by molar-refractivity contribution is 7.99. The molecule has 0 bridgehead atoms. The van der Waals surface area contributed by atoms with E-state index in [1.165, 1.54) is 23.9 Å². The van der Waals surface area contributed by atoms with Crippen LogP contribution in [0, 0.1) is 6.92 Å². The molecular formula is C25H23F2N5O2S. The summed E-state index contributed by atoms with van der Waals surface area (Å²) in [6.45, 7) is -0.520. The highest BCUT2D eigenvalue weighted by Gasteiger charge is 2.18. The zero-order valence-corrected chi connectivity index (χ0v) is 20.0. The molecule has 0 atom stereocenters. The third kappa shape index (κ3) is 6.21. The zero-order valence-electron chi connectivity index (χ0n) is 19.1. The number of ether oxygens (including phenoxy) is 1. The Kier molecular flexibility index (Phi) is 7.71. The van der Waals surface area contributed by atoms with Crippen LogP contribution in [-0.4, -0.2) is 50.0 Å². The summed E-state index contributed by atoms with van der Waals surface area (Å²) in [6.07, 6.45) is 3.39. The first-order valence-corrected chi connectivity index (χ1v) is 11.7. The van der Waals surface area contributed by atoms with Crippen molar-refractivity contribution in [2.75, 3.05) is 12.8 Å². The number of halogens is 2. The van der Waals surface area contributed by atoms with E-state index in [0.717, 1.165) is 22.4 Å². The van der Waals surface area contributed by atoms with E-state index in [-0.39, 0.29) is 17.4 Å². The number of amides is 1. The molecule has 1 amide bonds. The number of thioether (sulfide) groups is 1. The van der Waals surface area contributed by atoms with Crippen molar-refractivity contribution in [3.05, 3.63) is 84.2 Å². The molecular weight excluding hydrogens is 472 g/mol. The van der Waals surface area contributed by atoms with Crippen molar-refractivity contribution < 1.29 is 18.3 Å². The average molecular weight is 496 g/mol. The number of hydrogen-bond acceptors (Lipinski definition) is 6. The van der Waals surface area contributed by atoms with Crippen molar-refractivity contribution in [2.24, 2.45) is 0 Å². The number of carbonyl (C=O) groups excluding carboxylic acids is 1. The van der Waals surface area contributed by atoms with Crippen LogP contribution in [-0.2, 0) is 11.3 Å². The van der Waals surface area contributed by atoms with Gasteiger partial charge in [0.05, 0.1) is 5.75 Å². The van der Waals surface area contributed by atoms with E-state index in [1.54, 1.807) is 36.5 Å². The molecule has 10 heteroatoms. The Morgan fingerprint density at radius 2 is 1.71 bits per heavy atom. The average Bonchev–Trinajstić information content (AvgIpc) is 3.28. The summed E-state index contributed by atoms with van der Waals surface area (Å²) < 4.78 is 30.9. The number of alkyl halides is 2. The number of aryl methyl sites for hydroxylation is 1. The van der Waals surface area contributed by atoms with Gasteiger partial charge in [0.1, 0.15) is 5.75 Å². The molecule has 0 unspecified atom stereocenters. The second-order valence-electron chi connectivity index (χ2n) is 7.77. The van der Waals surface area contributed by atoms with Crippen LogP contribution in [0.5, 0.6) is 5.75 Å². The summed E-state index contributed by atoms with van der Waals surface area (Å²) in [5.74, 6) is 0.787. The van der Waals surface area contributed by atoms with Gasteiger partial charge in [-0.05, 0) is 48.9 Å². The summed E-state index contributed by atoms with van der Waals surface area (Å²) >= 11 is 1.30. The van der Waals surface area contributed by atoms with Gasteiger partial charge in [0.2, 0.25) is 5.91 Å². The number of hydrogen-bond donors (Lipinski definition) is 0. The molecule has 35 heavy (non-hydrogen) atoms. The van der Waals surface area contributed by atoms with Crippen molar-refractivity contribution in [2.45, 2.75) is 25.2 Å². The van der Waals surface area contributed by atoms with Gasteiger partial charge in [-0.2, -0.15) is 8.78 Å². The maximum Gasteiger partial charge on any atom is 0.387 e. The highest BCUT2D eigenvalue weighted by Crippen LogP contribution is 2.28. The van der Waals surface area contributed by atoms with E-state index in [0.29, 0.717) is 17.5 Å². The Hall–Kier alpha value is -3.79. The van der Waals surface area contributed by atoms with Gasteiger partial charge in [-0.1, -0.05) is 41.6 Å². The number of nitrogens with zero attached hydrogens (tertiary/aromatic N) is 5. The quantitative estimate of drug-likeness (QED) is 0.305. The molecule has 2 aromatic carbocycles. The Morgan fingerprint density at radius 3 is 2.37 bits per heavy atom. The fraction of sp³-hybridized carbons (Fsp3) is 0.200. The van der Waals surface area contributed by atoms with Gasteiger partial charge in [0.15, 0.2) is 11.0 Å². The predicted octanol–water partition coefficient (Wildman–Crippen LogP) is 4.99. The summed E-state index contributed by atoms with van der Waals surface area (Å²) in [4.78, 5) is 18.5. The lowest BCUT2D eigenvalue weighted by molar-refractivity contribution is -0.127. The first kappa shape index (κ1) is 24.3. The molecule has 0 radical (unpaired) electrons. The minimum atomic E-state index is -2.87. The smallest absolute Gasteiger partial charge is 0.387 e. The Labute approximate surface area is 205 Å². The second-order valence-corrected chi connectivity index (χ2v) is 8.72. The molecule has 7 nitrogen and oxygen atoms in total. The van der Waals surface area contributed by atoms with Gasteiger partial charge >= 0.3 is 6.61 Å². The van der Waals surface area contributed by atoms with E-state index in [2.05, 4.69) is 19.9 Å². The van der Waals surface area contributed by atoms with Crippen LogP contribution in [0.15, 0.2) is 78.2 Å². The Balaban J connectivity index is 1.47. The molecule has 4 aromatic rings.